The topological polar surface area (TPSA) is 87.2 Å². The van der Waals surface area contributed by atoms with Crippen LogP contribution in [-0.2, 0) is 16.6 Å². The van der Waals surface area contributed by atoms with Gasteiger partial charge in [-0.15, -0.1) is 11.8 Å². The van der Waals surface area contributed by atoms with E-state index < -0.39 is 16.0 Å². The third-order valence-corrected chi connectivity index (χ3v) is 9.70. The maximum Gasteiger partial charge on any atom is 0.335 e. The minimum atomic E-state index is -3.47. The highest BCUT2D eigenvalue weighted by Crippen LogP contribution is 2.44. The Labute approximate surface area is 227 Å². The quantitative estimate of drug-likeness (QED) is 0.434. The number of hydrogen-bond acceptors (Lipinski definition) is 6. The lowest BCUT2D eigenvalue weighted by Gasteiger charge is -2.33. The fraction of sp³-hybridized carbons (Fsp3) is 0.276. The maximum atomic E-state index is 12.8. The van der Waals surface area contributed by atoms with Gasteiger partial charge in [0.05, 0.1) is 10.8 Å². The zero-order chi connectivity index (χ0) is 26.5. The molecule has 7 nitrogen and oxygen atoms in total. The molecule has 198 valence electrons. The Morgan fingerprint density at radius 2 is 1.71 bits per heavy atom. The van der Waals surface area contributed by atoms with Gasteiger partial charge in [-0.2, -0.15) is 4.31 Å². The fourth-order valence-electron chi connectivity index (χ4n) is 4.76. The highest BCUT2D eigenvalue weighted by atomic mass is 32.2. The second-order valence-corrected chi connectivity index (χ2v) is 12.3. The van der Waals surface area contributed by atoms with Gasteiger partial charge < -0.3 is 9.84 Å². The smallest absolute Gasteiger partial charge is 0.335 e. The van der Waals surface area contributed by atoms with Crippen molar-refractivity contribution in [1.82, 2.24) is 9.21 Å². The summed E-state index contributed by atoms with van der Waals surface area (Å²) in [4.78, 5) is 13.9. The number of benzene rings is 3. The van der Waals surface area contributed by atoms with Crippen molar-refractivity contribution in [3.63, 3.8) is 0 Å². The molecule has 3 aromatic rings. The Hall–Kier alpha value is -3.11. The number of piperazine rings is 1. The van der Waals surface area contributed by atoms with Crippen LogP contribution in [0.5, 0.6) is 5.75 Å². The predicted molar refractivity (Wildman–Crippen MR) is 151 cm³/mol. The maximum absolute atomic E-state index is 12.8. The standard InChI is InChI=1S/C29H30N2O5S2/c32-29(33)23-10-11-27-26(20-23)28(25-9-5-4-8-24(25)21-36-27)37-18-17-30-13-15-31(16-14-30)38(34,35)19-12-22-6-2-1-3-7-22/h1-12,19-20,28H,13-18,21H2,(H,32,33)/b19-12+. The van der Waals surface area contributed by atoms with E-state index in [0.29, 0.717) is 38.5 Å². The molecule has 3 aromatic carbocycles. The Kier molecular flexibility index (Phi) is 8.18. The highest BCUT2D eigenvalue weighted by molar-refractivity contribution is 7.99. The van der Waals surface area contributed by atoms with Gasteiger partial charge in [-0.1, -0.05) is 54.6 Å². The molecule has 38 heavy (non-hydrogen) atoms. The van der Waals surface area contributed by atoms with Crippen LogP contribution in [0.25, 0.3) is 6.08 Å². The van der Waals surface area contributed by atoms with E-state index in [-0.39, 0.29) is 10.8 Å². The molecule has 1 atom stereocenters. The van der Waals surface area contributed by atoms with Crippen molar-refractivity contribution in [2.45, 2.75) is 11.9 Å². The predicted octanol–water partition coefficient (Wildman–Crippen LogP) is 4.72. The Morgan fingerprint density at radius 1 is 0.974 bits per heavy atom. The van der Waals surface area contributed by atoms with E-state index >= 15 is 0 Å². The molecule has 1 fully saturated rings. The number of carboxylic acids is 1. The van der Waals surface area contributed by atoms with Crippen LogP contribution < -0.4 is 4.74 Å². The van der Waals surface area contributed by atoms with E-state index in [1.807, 2.05) is 42.5 Å². The van der Waals surface area contributed by atoms with Gasteiger partial charge in [0.25, 0.3) is 0 Å². The third-order valence-electron chi connectivity index (χ3n) is 6.88. The summed E-state index contributed by atoms with van der Waals surface area (Å²) >= 11 is 1.76. The van der Waals surface area contributed by atoms with Crippen LogP contribution in [-0.4, -0.2) is 67.2 Å². The number of hydrogen-bond donors (Lipinski definition) is 1. The zero-order valence-corrected chi connectivity index (χ0v) is 22.5. The number of fused-ring (bicyclic) bond motifs is 2. The van der Waals surface area contributed by atoms with Crippen LogP contribution in [0.15, 0.2) is 78.2 Å². The number of carboxylic acid groups (broad SMARTS) is 1. The number of nitrogens with zero attached hydrogens (tertiary/aromatic N) is 2. The van der Waals surface area contributed by atoms with Gasteiger partial charge in [0.15, 0.2) is 0 Å². The van der Waals surface area contributed by atoms with Crippen molar-refractivity contribution in [3.05, 3.63) is 106 Å². The van der Waals surface area contributed by atoms with Gasteiger partial charge in [0, 0.05) is 49.4 Å². The molecule has 2 aliphatic heterocycles. The average Bonchev–Trinajstić information content (AvgIpc) is 3.09. The first kappa shape index (κ1) is 26.5. The Bertz CT molecular complexity index is 1420. The van der Waals surface area contributed by atoms with Crippen molar-refractivity contribution in [2.24, 2.45) is 0 Å². The summed E-state index contributed by atoms with van der Waals surface area (Å²) in [6, 6.07) is 22.6. The Morgan fingerprint density at radius 3 is 2.47 bits per heavy atom. The minimum absolute atomic E-state index is 0.0483. The summed E-state index contributed by atoms with van der Waals surface area (Å²) in [5, 5.41) is 10.8. The lowest BCUT2D eigenvalue weighted by Crippen LogP contribution is -2.48. The third kappa shape index (κ3) is 6.13. The molecule has 1 saturated heterocycles. The highest BCUT2D eigenvalue weighted by Gasteiger charge is 2.28. The molecule has 0 spiro atoms. The molecular weight excluding hydrogens is 520 g/mol. The van der Waals surface area contributed by atoms with Crippen LogP contribution in [0.1, 0.15) is 37.9 Å². The normalized spacial score (nSPS) is 18.4. The first-order valence-corrected chi connectivity index (χ1v) is 15.1. The molecule has 2 aliphatic rings. The molecule has 9 heteroatoms. The van der Waals surface area contributed by atoms with Gasteiger partial charge in [-0.3, -0.25) is 4.90 Å². The number of rotatable bonds is 8. The summed E-state index contributed by atoms with van der Waals surface area (Å²) in [7, 11) is -3.47. The van der Waals surface area contributed by atoms with Gasteiger partial charge >= 0.3 is 5.97 Å². The van der Waals surface area contributed by atoms with Crippen molar-refractivity contribution < 1.29 is 23.1 Å². The second kappa shape index (κ2) is 11.7. The van der Waals surface area contributed by atoms with E-state index in [4.69, 9.17) is 4.74 Å². The summed E-state index contributed by atoms with van der Waals surface area (Å²) < 4.78 is 33.2. The number of ether oxygens (including phenoxy) is 1. The number of thioether (sulfide) groups is 1. The second-order valence-electron chi connectivity index (χ2n) is 9.30. The first-order valence-electron chi connectivity index (χ1n) is 12.6. The molecule has 0 amide bonds. The fourth-order valence-corrected chi connectivity index (χ4v) is 7.31. The zero-order valence-electron chi connectivity index (χ0n) is 20.9. The molecule has 1 unspecified atom stereocenters. The number of carbonyl (C=O) groups is 1. The molecular formula is C29H30N2O5S2. The molecule has 0 aromatic heterocycles. The van der Waals surface area contributed by atoms with Gasteiger partial charge in [0.2, 0.25) is 10.0 Å². The van der Waals surface area contributed by atoms with Crippen LogP contribution in [0.4, 0.5) is 0 Å². The van der Waals surface area contributed by atoms with Crippen molar-refractivity contribution in [2.75, 3.05) is 38.5 Å². The van der Waals surface area contributed by atoms with E-state index in [0.717, 1.165) is 34.6 Å². The van der Waals surface area contributed by atoms with E-state index in [1.165, 1.54) is 5.41 Å². The van der Waals surface area contributed by atoms with Crippen molar-refractivity contribution in [1.29, 1.82) is 0 Å². The lowest BCUT2D eigenvalue weighted by molar-refractivity contribution is 0.0696. The monoisotopic (exact) mass is 550 g/mol. The summed E-state index contributed by atoms with van der Waals surface area (Å²) in [5.41, 5.74) is 4.21. The van der Waals surface area contributed by atoms with E-state index in [2.05, 4.69) is 17.0 Å². The van der Waals surface area contributed by atoms with Gasteiger partial charge in [-0.05, 0) is 41.0 Å². The van der Waals surface area contributed by atoms with Crippen molar-refractivity contribution >= 4 is 33.8 Å². The molecule has 0 aliphatic carbocycles. The molecule has 5 rings (SSSR count). The molecule has 1 N–H and O–H groups in total. The van der Waals surface area contributed by atoms with Crippen LogP contribution in [0.2, 0.25) is 0 Å². The molecule has 0 bridgehead atoms. The van der Waals surface area contributed by atoms with Crippen LogP contribution in [0, 0.1) is 0 Å². The van der Waals surface area contributed by atoms with E-state index in [1.54, 1.807) is 40.3 Å². The summed E-state index contributed by atoms with van der Waals surface area (Å²) in [6.07, 6.45) is 1.64. The molecule has 0 saturated carbocycles. The number of sulfonamides is 1. The molecule has 0 radical (unpaired) electrons. The average molecular weight is 551 g/mol. The lowest BCUT2D eigenvalue weighted by atomic mass is 9.98. The Balaban J connectivity index is 1.22. The molecule has 2 heterocycles. The summed E-state index contributed by atoms with van der Waals surface area (Å²) in [6.45, 7) is 3.51. The first-order chi connectivity index (χ1) is 18.4. The van der Waals surface area contributed by atoms with E-state index in [9.17, 15) is 18.3 Å². The van der Waals surface area contributed by atoms with Crippen LogP contribution >= 0.6 is 11.8 Å². The minimum Gasteiger partial charge on any atom is -0.489 e. The summed E-state index contributed by atoms with van der Waals surface area (Å²) in [5.74, 6) is 0.572. The van der Waals surface area contributed by atoms with Crippen LogP contribution in [0.3, 0.4) is 0 Å². The number of aromatic carboxylic acids is 1. The van der Waals surface area contributed by atoms with Gasteiger partial charge in [0.1, 0.15) is 12.4 Å². The van der Waals surface area contributed by atoms with Crippen molar-refractivity contribution in [3.8, 4) is 5.75 Å². The largest absolute Gasteiger partial charge is 0.489 e. The van der Waals surface area contributed by atoms with Gasteiger partial charge in [-0.25, -0.2) is 13.2 Å². The SMILES string of the molecule is O=C(O)c1ccc2c(c1)C(SCCN1CCN(S(=O)(=O)/C=C/c3ccccc3)CC1)c1ccccc1CO2.